The second kappa shape index (κ2) is 7.47. The van der Waals surface area contributed by atoms with Crippen molar-refractivity contribution in [1.29, 1.82) is 0 Å². The first kappa shape index (κ1) is 19.4. The van der Waals surface area contributed by atoms with Crippen molar-refractivity contribution in [1.82, 2.24) is 24.8 Å². The van der Waals surface area contributed by atoms with E-state index in [1.165, 1.54) is 36.3 Å². The lowest BCUT2D eigenvalue weighted by atomic mass is 10.1. The van der Waals surface area contributed by atoms with Gasteiger partial charge in [0.15, 0.2) is 0 Å². The summed E-state index contributed by atoms with van der Waals surface area (Å²) >= 11 is 0. The predicted molar refractivity (Wildman–Crippen MR) is 107 cm³/mol. The van der Waals surface area contributed by atoms with Crippen molar-refractivity contribution in [2.24, 2.45) is 0 Å². The molecule has 10 heteroatoms. The fourth-order valence-corrected chi connectivity index (χ4v) is 3.25. The zero-order chi connectivity index (χ0) is 21.4. The highest BCUT2D eigenvalue weighted by atomic mass is 16.4. The second-order valence-corrected chi connectivity index (χ2v) is 7.08. The Hall–Kier alpha value is -3.95. The number of pyridine rings is 2. The predicted octanol–water partition coefficient (Wildman–Crippen LogP) is 1.02. The van der Waals surface area contributed by atoms with Crippen LogP contribution in [0.5, 0.6) is 0 Å². The van der Waals surface area contributed by atoms with Crippen molar-refractivity contribution in [2.75, 3.05) is 7.05 Å². The quantitative estimate of drug-likeness (QED) is 0.576. The van der Waals surface area contributed by atoms with E-state index in [0.717, 1.165) is 17.4 Å². The number of nitrogens with zero attached hydrogens (tertiary/aromatic N) is 3. The molecule has 4 rings (SSSR count). The molecule has 0 radical (unpaired) electrons. The van der Waals surface area contributed by atoms with Gasteiger partial charge in [-0.2, -0.15) is 0 Å². The number of carbonyl (C=O) groups is 3. The second-order valence-electron chi connectivity index (χ2n) is 7.08. The number of aromatic nitrogens is 3. The van der Waals surface area contributed by atoms with Crippen LogP contribution in [0.25, 0.3) is 11.0 Å². The topological polar surface area (TPSA) is 135 Å². The fraction of sp³-hybridized carbons (Fsp3) is 0.250. The molecule has 1 saturated carbocycles. The maximum Gasteiger partial charge on any atom is 0.417 e. The van der Waals surface area contributed by atoms with Gasteiger partial charge in [0.2, 0.25) is 0 Å². The molecule has 1 fully saturated rings. The Morgan fingerprint density at radius 1 is 1.23 bits per heavy atom. The molecule has 2 amide bonds. The van der Waals surface area contributed by atoms with Crippen molar-refractivity contribution in [3.05, 3.63) is 63.8 Å². The summed E-state index contributed by atoms with van der Waals surface area (Å²) in [7, 11) is 1.40. The molecule has 1 aliphatic rings. The summed E-state index contributed by atoms with van der Waals surface area (Å²) in [4.78, 5) is 53.3. The summed E-state index contributed by atoms with van der Waals surface area (Å²) in [5.41, 5.74) is 0.186. The molecular weight excluding hydrogens is 390 g/mol. The molecule has 3 N–H and O–H groups in total. The zero-order valence-electron chi connectivity index (χ0n) is 16.1. The normalized spacial score (nSPS) is 13.2. The van der Waals surface area contributed by atoms with E-state index in [4.69, 9.17) is 0 Å². The minimum Gasteiger partial charge on any atom is -0.464 e. The van der Waals surface area contributed by atoms with Crippen molar-refractivity contribution in [3.8, 4) is 0 Å². The highest BCUT2D eigenvalue weighted by molar-refractivity contribution is 5.99. The van der Waals surface area contributed by atoms with Gasteiger partial charge in [0.05, 0.1) is 12.1 Å². The Bertz CT molecular complexity index is 1240. The van der Waals surface area contributed by atoms with E-state index in [2.05, 4.69) is 15.6 Å². The summed E-state index contributed by atoms with van der Waals surface area (Å²) < 4.78 is 2.21. The lowest BCUT2D eigenvalue weighted by Crippen LogP contribution is -2.34. The Kier molecular flexibility index (Phi) is 4.82. The summed E-state index contributed by atoms with van der Waals surface area (Å²) in [6.07, 6.45) is 4.82. The van der Waals surface area contributed by atoms with Gasteiger partial charge in [-0.15, -0.1) is 0 Å². The monoisotopic (exact) mass is 409 g/mol. The summed E-state index contributed by atoms with van der Waals surface area (Å²) in [5, 5.41) is 15.2. The molecule has 0 unspecified atom stereocenters. The van der Waals surface area contributed by atoms with Gasteiger partial charge in [-0.3, -0.25) is 14.4 Å². The number of fused-ring (bicyclic) bond motifs is 1. The van der Waals surface area contributed by atoms with Gasteiger partial charge >= 0.3 is 6.09 Å². The van der Waals surface area contributed by atoms with E-state index < -0.39 is 17.6 Å². The van der Waals surface area contributed by atoms with Gasteiger partial charge in [0, 0.05) is 37.1 Å². The standard InChI is InChI=1S/C20H19N5O5/c1-21-18(27)15-7-11(17(26)23-13-4-5-13)8-24(19(15)28)9-12-10-25(20(29)30)16-14(12)3-2-6-22-16/h2-3,6-8,10,13H,4-5,9H2,1H3,(H,21,27)(H,23,26)(H,29,30). The van der Waals surface area contributed by atoms with Crippen LogP contribution in [0, 0.1) is 0 Å². The maximum atomic E-state index is 12.9. The zero-order valence-corrected chi connectivity index (χ0v) is 16.1. The van der Waals surface area contributed by atoms with Crippen LogP contribution in [0.3, 0.4) is 0 Å². The van der Waals surface area contributed by atoms with Gasteiger partial charge < -0.3 is 20.3 Å². The number of nitrogens with one attached hydrogen (secondary N) is 2. The average molecular weight is 409 g/mol. The van der Waals surface area contributed by atoms with Crippen LogP contribution in [0.4, 0.5) is 4.79 Å². The van der Waals surface area contributed by atoms with Crippen molar-refractivity contribution < 1.29 is 19.5 Å². The summed E-state index contributed by atoms with van der Waals surface area (Å²) in [6, 6.07) is 4.75. The molecule has 10 nitrogen and oxygen atoms in total. The Labute approximate surface area is 170 Å². The molecule has 1 aliphatic carbocycles. The molecular formula is C20H19N5O5. The molecule has 0 atom stereocenters. The number of rotatable bonds is 5. The minimum absolute atomic E-state index is 0.0319. The van der Waals surface area contributed by atoms with Gasteiger partial charge in [-0.05, 0) is 36.6 Å². The molecule has 30 heavy (non-hydrogen) atoms. The first-order chi connectivity index (χ1) is 14.4. The lowest BCUT2D eigenvalue weighted by molar-refractivity contribution is 0.0950. The maximum absolute atomic E-state index is 12.9. The molecule has 3 heterocycles. The highest BCUT2D eigenvalue weighted by Gasteiger charge is 2.25. The Morgan fingerprint density at radius 3 is 2.67 bits per heavy atom. The van der Waals surface area contributed by atoms with E-state index in [1.807, 2.05) is 0 Å². The summed E-state index contributed by atoms with van der Waals surface area (Å²) in [6.45, 7) is -0.0319. The van der Waals surface area contributed by atoms with Crippen molar-refractivity contribution in [2.45, 2.75) is 25.4 Å². The van der Waals surface area contributed by atoms with Crippen LogP contribution in [-0.2, 0) is 6.54 Å². The number of carbonyl (C=O) groups excluding carboxylic acids is 2. The van der Waals surface area contributed by atoms with E-state index in [1.54, 1.807) is 12.1 Å². The van der Waals surface area contributed by atoms with Crippen LogP contribution in [0.1, 0.15) is 39.1 Å². The van der Waals surface area contributed by atoms with E-state index in [0.29, 0.717) is 10.9 Å². The third-order valence-electron chi connectivity index (χ3n) is 4.93. The van der Waals surface area contributed by atoms with Crippen molar-refractivity contribution in [3.63, 3.8) is 0 Å². The average Bonchev–Trinajstić information content (AvgIpc) is 3.47. The number of hydrogen-bond acceptors (Lipinski definition) is 5. The number of carboxylic acid groups (broad SMARTS) is 1. The molecule has 0 saturated heterocycles. The van der Waals surface area contributed by atoms with Gasteiger partial charge in [-0.25, -0.2) is 14.3 Å². The number of amides is 2. The van der Waals surface area contributed by atoms with Crippen LogP contribution >= 0.6 is 0 Å². The summed E-state index contributed by atoms with van der Waals surface area (Å²) in [5.74, 6) is -0.976. The van der Waals surface area contributed by atoms with E-state index in [-0.39, 0.29) is 35.3 Å². The van der Waals surface area contributed by atoms with Crippen LogP contribution in [0.15, 0.2) is 41.6 Å². The smallest absolute Gasteiger partial charge is 0.417 e. The molecule has 3 aromatic heterocycles. The SMILES string of the molecule is CNC(=O)c1cc(C(=O)NC2CC2)cn(Cc2cn(C(=O)O)c3ncccc23)c1=O. The molecule has 0 aliphatic heterocycles. The molecule has 3 aromatic rings. The lowest BCUT2D eigenvalue weighted by Gasteiger charge is -2.11. The molecule has 0 spiro atoms. The van der Waals surface area contributed by atoms with Crippen molar-refractivity contribution >= 4 is 28.9 Å². The first-order valence-electron chi connectivity index (χ1n) is 9.34. The third kappa shape index (κ3) is 3.54. The Balaban J connectivity index is 1.81. The van der Waals surface area contributed by atoms with Gasteiger partial charge in [0.1, 0.15) is 11.2 Å². The molecule has 0 bridgehead atoms. The Morgan fingerprint density at radius 2 is 2.00 bits per heavy atom. The van der Waals surface area contributed by atoms with Gasteiger partial charge in [-0.1, -0.05) is 0 Å². The minimum atomic E-state index is -1.21. The van der Waals surface area contributed by atoms with E-state index in [9.17, 15) is 24.3 Å². The van der Waals surface area contributed by atoms with Crippen LogP contribution in [-0.4, -0.2) is 50.2 Å². The van der Waals surface area contributed by atoms with Crippen LogP contribution in [0.2, 0.25) is 0 Å². The van der Waals surface area contributed by atoms with E-state index >= 15 is 0 Å². The fourth-order valence-electron chi connectivity index (χ4n) is 3.25. The van der Waals surface area contributed by atoms with Gasteiger partial charge in [0.25, 0.3) is 17.4 Å². The first-order valence-corrected chi connectivity index (χ1v) is 9.34. The highest BCUT2D eigenvalue weighted by Crippen LogP contribution is 2.21. The van der Waals surface area contributed by atoms with Crippen LogP contribution < -0.4 is 16.2 Å². The third-order valence-corrected chi connectivity index (χ3v) is 4.93. The largest absolute Gasteiger partial charge is 0.464 e. The molecule has 0 aromatic carbocycles. The molecule has 154 valence electrons. The number of hydrogen-bond donors (Lipinski definition) is 3.